The maximum atomic E-state index is 10.7. The molecule has 17 heavy (non-hydrogen) atoms. The van der Waals surface area contributed by atoms with Crippen LogP contribution in [-0.4, -0.2) is 51.6 Å². The van der Waals surface area contributed by atoms with Gasteiger partial charge in [0.25, 0.3) is 0 Å². The predicted octanol–water partition coefficient (Wildman–Crippen LogP) is 0.419. The van der Waals surface area contributed by atoms with E-state index in [1.807, 2.05) is 25.7 Å². The highest BCUT2D eigenvalue weighted by Crippen LogP contribution is 2.08. The molecule has 0 spiro atoms. The van der Waals surface area contributed by atoms with Crippen molar-refractivity contribution in [3.8, 4) is 0 Å². The van der Waals surface area contributed by atoms with Gasteiger partial charge in [0.05, 0.1) is 17.8 Å². The number of aliphatic carboxylic acids is 1. The molecule has 1 aromatic rings. The molecule has 1 heterocycles. The van der Waals surface area contributed by atoms with Crippen molar-refractivity contribution in [3.05, 3.63) is 11.4 Å². The van der Waals surface area contributed by atoms with Gasteiger partial charge in [-0.25, -0.2) is 4.68 Å². The molecule has 1 N–H and O–H groups in total. The Morgan fingerprint density at radius 1 is 1.47 bits per heavy atom. The Kier molecular flexibility index (Phi) is 5.09. The quantitative estimate of drug-likeness (QED) is 0.748. The van der Waals surface area contributed by atoms with Crippen molar-refractivity contribution in [1.29, 1.82) is 0 Å². The highest BCUT2D eigenvalue weighted by Gasteiger charge is 2.13. The Hall–Kier alpha value is -1.43. The predicted molar refractivity (Wildman–Crippen MR) is 63.9 cm³/mol. The largest absolute Gasteiger partial charge is 0.481 e. The molecule has 0 bridgehead atoms. The van der Waals surface area contributed by atoms with Crippen molar-refractivity contribution in [3.63, 3.8) is 0 Å². The van der Waals surface area contributed by atoms with Gasteiger partial charge in [0.2, 0.25) is 0 Å². The first-order valence-corrected chi connectivity index (χ1v) is 5.82. The monoisotopic (exact) mass is 240 g/mol. The molecule has 0 unspecified atom stereocenters. The SMILES string of the molecule is CCc1c(CC(=O)O)nnn1CCCN(C)C. The molecule has 0 amide bonds. The third kappa shape index (κ3) is 4.14. The van der Waals surface area contributed by atoms with Gasteiger partial charge in [-0.3, -0.25) is 4.79 Å². The summed E-state index contributed by atoms with van der Waals surface area (Å²) < 4.78 is 1.82. The van der Waals surface area contributed by atoms with Crippen LogP contribution in [0.15, 0.2) is 0 Å². The molecule has 1 aromatic heterocycles. The number of carboxylic acid groups (broad SMARTS) is 1. The minimum atomic E-state index is -0.861. The van der Waals surface area contributed by atoms with E-state index in [4.69, 9.17) is 5.11 Å². The molecule has 0 aliphatic carbocycles. The molecule has 0 atom stereocenters. The molecule has 96 valence electrons. The van der Waals surface area contributed by atoms with Crippen LogP contribution >= 0.6 is 0 Å². The Morgan fingerprint density at radius 3 is 2.71 bits per heavy atom. The van der Waals surface area contributed by atoms with Crippen LogP contribution in [0.1, 0.15) is 24.7 Å². The average molecular weight is 240 g/mol. The molecular formula is C11H20N4O2. The van der Waals surface area contributed by atoms with Crippen LogP contribution in [0, 0.1) is 0 Å². The fraction of sp³-hybridized carbons (Fsp3) is 0.727. The summed E-state index contributed by atoms with van der Waals surface area (Å²) in [5.74, 6) is -0.861. The standard InChI is InChI=1S/C11H20N4O2/c1-4-10-9(8-11(16)17)12-13-15(10)7-5-6-14(2)3/h4-8H2,1-3H3,(H,16,17). The molecule has 6 heteroatoms. The zero-order valence-electron chi connectivity index (χ0n) is 10.7. The van der Waals surface area contributed by atoms with E-state index in [1.54, 1.807) is 0 Å². The van der Waals surface area contributed by atoms with Gasteiger partial charge in [-0.2, -0.15) is 0 Å². The minimum Gasteiger partial charge on any atom is -0.481 e. The number of carbonyl (C=O) groups is 1. The van der Waals surface area contributed by atoms with Crippen molar-refractivity contribution in [2.45, 2.75) is 32.7 Å². The second-order valence-electron chi connectivity index (χ2n) is 4.29. The number of aryl methyl sites for hydroxylation is 1. The molecule has 0 radical (unpaired) electrons. The van der Waals surface area contributed by atoms with Crippen LogP contribution in [0.2, 0.25) is 0 Å². The lowest BCUT2D eigenvalue weighted by Gasteiger charge is -2.10. The second-order valence-corrected chi connectivity index (χ2v) is 4.29. The summed E-state index contributed by atoms with van der Waals surface area (Å²) in [5, 5.41) is 16.7. The van der Waals surface area contributed by atoms with Crippen molar-refractivity contribution in [2.75, 3.05) is 20.6 Å². The van der Waals surface area contributed by atoms with Crippen molar-refractivity contribution in [2.24, 2.45) is 0 Å². The fourth-order valence-electron chi connectivity index (χ4n) is 1.75. The van der Waals surface area contributed by atoms with Crippen LogP contribution in [0.5, 0.6) is 0 Å². The first-order valence-electron chi connectivity index (χ1n) is 5.82. The molecule has 1 rings (SSSR count). The summed E-state index contributed by atoms with van der Waals surface area (Å²) in [6, 6.07) is 0. The lowest BCUT2D eigenvalue weighted by atomic mass is 10.2. The van der Waals surface area contributed by atoms with E-state index in [1.165, 1.54) is 0 Å². The maximum Gasteiger partial charge on any atom is 0.309 e. The summed E-state index contributed by atoms with van der Waals surface area (Å²) in [6.45, 7) is 3.76. The molecular weight excluding hydrogens is 220 g/mol. The summed E-state index contributed by atoms with van der Waals surface area (Å²) in [4.78, 5) is 12.8. The average Bonchev–Trinajstić information content (AvgIpc) is 2.59. The van der Waals surface area contributed by atoms with Gasteiger partial charge in [-0.1, -0.05) is 12.1 Å². The van der Waals surface area contributed by atoms with Crippen LogP contribution < -0.4 is 0 Å². The number of rotatable bonds is 7. The van der Waals surface area contributed by atoms with Gasteiger partial charge in [0.15, 0.2) is 0 Å². The summed E-state index contributed by atoms with van der Waals surface area (Å²) in [5.41, 5.74) is 1.52. The van der Waals surface area contributed by atoms with Crippen LogP contribution in [0.4, 0.5) is 0 Å². The number of nitrogens with zero attached hydrogens (tertiary/aromatic N) is 4. The lowest BCUT2D eigenvalue weighted by molar-refractivity contribution is -0.136. The van der Waals surface area contributed by atoms with Crippen molar-refractivity contribution < 1.29 is 9.90 Å². The van der Waals surface area contributed by atoms with Gasteiger partial charge in [0.1, 0.15) is 0 Å². The van der Waals surface area contributed by atoms with E-state index in [0.29, 0.717) is 5.69 Å². The minimum absolute atomic E-state index is 0.0448. The van der Waals surface area contributed by atoms with Gasteiger partial charge in [0, 0.05) is 6.54 Å². The number of carboxylic acids is 1. The van der Waals surface area contributed by atoms with Crippen molar-refractivity contribution >= 4 is 5.97 Å². The lowest BCUT2D eigenvalue weighted by Crippen LogP contribution is -2.16. The zero-order valence-corrected chi connectivity index (χ0v) is 10.7. The smallest absolute Gasteiger partial charge is 0.309 e. The van der Waals surface area contributed by atoms with Crippen LogP contribution in [-0.2, 0) is 24.2 Å². The maximum absolute atomic E-state index is 10.7. The van der Waals surface area contributed by atoms with Crippen LogP contribution in [0.25, 0.3) is 0 Å². The van der Waals surface area contributed by atoms with E-state index in [0.717, 1.165) is 31.6 Å². The van der Waals surface area contributed by atoms with E-state index in [9.17, 15) is 4.79 Å². The number of aromatic nitrogens is 3. The fourth-order valence-corrected chi connectivity index (χ4v) is 1.75. The summed E-state index contributed by atoms with van der Waals surface area (Å²) >= 11 is 0. The molecule has 0 saturated heterocycles. The molecule has 0 saturated carbocycles. The van der Waals surface area contributed by atoms with Crippen molar-refractivity contribution in [1.82, 2.24) is 19.9 Å². The van der Waals surface area contributed by atoms with E-state index in [2.05, 4.69) is 15.2 Å². The zero-order chi connectivity index (χ0) is 12.8. The highest BCUT2D eigenvalue weighted by atomic mass is 16.4. The first-order chi connectivity index (χ1) is 8.04. The second kappa shape index (κ2) is 6.34. The first kappa shape index (κ1) is 13.6. The van der Waals surface area contributed by atoms with Gasteiger partial charge in [-0.05, 0) is 33.5 Å². The Labute approximate surface area is 101 Å². The van der Waals surface area contributed by atoms with Gasteiger partial charge in [-0.15, -0.1) is 5.10 Å². The summed E-state index contributed by atoms with van der Waals surface area (Å²) in [7, 11) is 4.05. The van der Waals surface area contributed by atoms with E-state index < -0.39 is 5.97 Å². The normalized spacial score (nSPS) is 11.1. The van der Waals surface area contributed by atoms with Gasteiger partial charge >= 0.3 is 5.97 Å². The van der Waals surface area contributed by atoms with Crippen LogP contribution in [0.3, 0.4) is 0 Å². The Balaban J connectivity index is 2.65. The third-order valence-corrected chi connectivity index (χ3v) is 2.55. The Morgan fingerprint density at radius 2 is 2.18 bits per heavy atom. The van der Waals surface area contributed by atoms with E-state index in [-0.39, 0.29) is 6.42 Å². The molecule has 0 fully saturated rings. The number of hydrogen-bond donors (Lipinski definition) is 1. The molecule has 0 aliphatic heterocycles. The topological polar surface area (TPSA) is 71.2 Å². The number of hydrogen-bond acceptors (Lipinski definition) is 4. The third-order valence-electron chi connectivity index (χ3n) is 2.55. The molecule has 0 aromatic carbocycles. The van der Waals surface area contributed by atoms with E-state index >= 15 is 0 Å². The highest BCUT2D eigenvalue weighted by molar-refractivity contribution is 5.69. The molecule has 6 nitrogen and oxygen atoms in total. The molecule has 0 aliphatic rings. The Bertz CT molecular complexity index is 374. The summed E-state index contributed by atoms with van der Waals surface area (Å²) in [6.07, 6.45) is 1.70. The van der Waals surface area contributed by atoms with Gasteiger partial charge < -0.3 is 10.0 Å².